The number of carbonyl (C=O) groups excluding carboxylic acids is 1. The van der Waals surface area contributed by atoms with Gasteiger partial charge in [0.15, 0.2) is 0 Å². The molecule has 3 nitrogen and oxygen atoms in total. The van der Waals surface area contributed by atoms with Crippen molar-refractivity contribution in [2.24, 2.45) is 5.92 Å². The van der Waals surface area contributed by atoms with Crippen molar-refractivity contribution >= 4 is 5.91 Å². The second-order valence-corrected chi connectivity index (χ2v) is 7.96. The topological polar surface area (TPSA) is 32.3 Å². The number of hydrogen-bond donors (Lipinski definition) is 1. The van der Waals surface area contributed by atoms with E-state index in [-0.39, 0.29) is 11.8 Å². The van der Waals surface area contributed by atoms with Crippen molar-refractivity contribution in [3.05, 3.63) is 35.9 Å². The fourth-order valence-corrected chi connectivity index (χ4v) is 4.68. The monoisotopic (exact) mass is 342 g/mol. The second-order valence-electron chi connectivity index (χ2n) is 7.96. The SMILES string of the molecule is CC1CCCCN1CCCNC(=O)C(c1ccccc1)C1CCCC1. The second kappa shape index (κ2) is 9.38. The molecule has 2 atom stereocenters. The third-order valence-corrected chi connectivity index (χ3v) is 6.17. The molecule has 0 spiro atoms. The van der Waals surface area contributed by atoms with Gasteiger partial charge in [-0.2, -0.15) is 0 Å². The number of likely N-dealkylation sites (tertiary alicyclic amines) is 1. The Bertz CT molecular complexity index is 524. The average molecular weight is 343 g/mol. The molecular formula is C22H34N2O. The fraction of sp³-hybridized carbons (Fsp3) is 0.682. The standard InChI is InChI=1S/C22H34N2O/c1-18-10-7-8-16-24(18)17-9-15-23-22(25)21(20-13-5-6-14-20)19-11-3-2-4-12-19/h2-4,11-12,18,20-21H,5-10,13-17H2,1H3,(H,23,25). The van der Waals surface area contributed by atoms with Gasteiger partial charge in [-0.15, -0.1) is 0 Å². The number of amides is 1. The van der Waals surface area contributed by atoms with E-state index in [9.17, 15) is 4.79 Å². The van der Waals surface area contributed by atoms with Crippen LogP contribution >= 0.6 is 0 Å². The van der Waals surface area contributed by atoms with Crippen LogP contribution in [-0.4, -0.2) is 36.5 Å². The average Bonchev–Trinajstić information content (AvgIpc) is 3.15. The molecule has 0 aromatic heterocycles. The molecule has 25 heavy (non-hydrogen) atoms. The van der Waals surface area contributed by atoms with Gasteiger partial charge in [0, 0.05) is 19.1 Å². The van der Waals surface area contributed by atoms with Crippen molar-refractivity contribution in [3.63, 3.8) is 0 Å². The third kappa shape index (κ3) is 5.07. The molecule has 1 N–H and O–H groups in total. The lowest BCUT2D eigenvalue weighted by Gasteiger charge is -2.33. The quantitative estimate of drug-likeness (QED) is 0.748. The van der Waals surface area contributed by atoms with E-state index < -0.39 is 0 Å². The summed E-state index contributed by atoms with van der Waals surface area (Å²) >= 11 is 0. The first-order chi connectivity index (χ1) is 12.3. The van der Waals surface area contributed by atoms with E-state index in [0.29, 0.717) is 12.0 Å². The first-order valence-corrected chi connectivity index (χ1v) is 10.3. The molecule has 2 fully saturated rings. The normalized spacial score (nSPS) is 23.5. The summed E-state index contributed by atoms with van der Waals surface area (Å²) in [5, 5.41) is 3.25. The van der Waals surface area contributed by atoms with Gasteiger partial charge < -0.3 is 10.2 Å². The smallest absolute Gasteiger partial charge is 0.227 e. The third-order valence-electron chi connectivity index (χ3n) is 6.17. The van der Waals surface area contributed by atoms with Crippen LogP contribution in [0.3, 0.4) is 0 Å². The van der Waals surface area contributed by atoms with Crippen LogP contribution in [0.15, 0.2) is 30.3 Å². The highest BCUT2D eigenvalue weighted by atomic mass is 16.1. The minimum atomic E-state index is 0.0395. The van der Waals surface area contributed by atoms with Crippen LogP contribution in [0, 0.1) is 5.92 Å². The summed E-state index contributed by atoms with van der Waals surface area (Å²) in [5.74, 6) is 0.798. The Labute approximate surface area is 153 Å². The molecule has 1 aromatic carbocycles. The van der Waals surface area contributed by atoms with Gasteiger partial charge in [0.1, 0.15) is 0 Å². The Hall–Kier alpha value is -1.35. The lowest BCUT2D eigenvalue weighted by atomic mass is 9.84. The number of hydrogen-bond acceptors (Lipinski definition) is 2. The maximum absolute atomic E-state index is 12.9. The number of piperidine rings is 1. The number of nitrogens with one attached hydrogen (secondary N) is 1. The molecule has 138 valence electrons. The van der Waals surface area contributed by atoms with Crippen LogP contribution < -0.4 is 5.32 Å². The molecule has 1 saturated heterocycles. The van der Waals surface area contributed by atoms with E-state index in [1.165, 1.54) is 57.1 Å². The minimum Gasteiger partial charge on any atom is -0.356 e. The van der Waals surface area contributed by atoms with Crippen LogP contribution in [-0.2, 0) is 4.79 Å². The lowest BCUT2D eigenvalue weighted by Crippen LogP contribution is -2.40. The van der Waals surface area contributed by atoms with Gasteiger partial charge in [0.05, 0.1) is 5.92 Å². The largest absolute Gasteiger partial charge is 0.356 e. The van der Waals surface area contributed by atoms with E-state index >= 15 is 0 Å². The van der Waals surface area contributed by atoms with Gasteiger partial charge in [0.2, 0.25) is 5.91 Å². The van der Waals surface area contributed by atoms with Crippen molar-refractivity contribution in [3.8, 4) is 0 Å². The molecule has 3 heteroatoms. The number of carbonyl (C=O) groups is 1. The molecule has 0 radical (unpaired) electrons. The summed E-state index contributed by atoms with van der Waals surface area (Å²) < 4.78 is 0. The van der Waals surface area contributed by atoms with E-state index in [1.807, 2.05) is 6.07 Å². The first-order valence-electron chi connectivity index (χ1n) is 10.3. The molecule has 0 bridgehead atoms. The van der Waals surface area contributed by atoms with Gasteiger partial charge in [-0.05, 0) is 57.1 Å². The Balaban J connectivity index is 1.50. The van der Waals surface area contributed by atoms with Crippen molar-refractivity contribution in [2.45, 2.75) is 70.3 Å². The Kier molecular flexibility index (Phi) is 6.92. The highest BCUT2D eigenvalue weighted by Crippen LogP contribution is 2.37. The van der Waals surface area contributed by atoms with Crippen molar-refractivity contribution < 1.29 is 4.79 Å². The van der Waals surface area contributed by atoms with Gasteiger partial charge in [-0.25, -0.2) is 0 Å². The predicted octanol–water partition coefficient (Wildman–Crippen LogP) is 4.34. The van der Waals surface area contributed by atoms with Gasteiger partial charge >= 0.3 is 0 Å². The number of benzene rings is 1. The van der Waals surface area contributed by atoms with E-state index in [0.717, 1.165) is 19.5 Å². The molecule has 1 heterocycles. The van der Waals surface area contributed by atoms with Crippen LogP contribution in [0.1, 0.15) is 69.8 Å². The summed E-state index contributed by atoms with van der Waals surface area (Å²) in [6.45, 7) is 5.48. The Morgan fingerprint density at radius 2 is 1.84 bits per heavy atom. The Morgan fingerprint density at radius 3 is 2.56 bits per heavy atom. The van der Waals surface area contributed by atoms with Gasteiger partial charge in [-0.3, -0.25) is 4.79 Å². The van der Waals surface area contributed by atoms with Crippen LogP contribution in [0.5, 0.6) is 0 Å². The van der Waals surface area contributed by atoms with Crippen molar-refractivity contribution in [1.82, 2.24) is 10.2 Å². The van der Waals surface area contributed by atoms with Crippen LogP contribution in [0.25, 0.3) is 0 Å². The molecule has 2 unspecified atom stereocenters. The first kappa shape index (κ1) is 18.4. The van der Waals surface area contributed by atoms with Crippen LogP contribution in [0.2, 0.25) is 0 Å². The van der Waals surface area contributed by atoms with Crippen molar-refractivity contribution in [2.75, 3.05) is 19.6 Å². The summed E-state index contributed by atoms with van der Waals surface area (Å²) in [6.07, 6.45) is 10.0. The van der Waals surface area contributed by atoms with Crippen molar-refractivity contribution in [1.29, 1.82) is 0 Å². The molecule has 1 aliphatic carbocycles. The zero-order chi connectivity index (χ0) is 17.5. The zero-order valence-electron chi connectivity index (χ0n) is 15.8. The molecule has 3 rings (SSSR count). The maximum atomic E-state index is 12.9. The predicted molar refractivity (Wildman–Crippen MR) is 104 cm³/mol. The van der Waals surface area contributed by atoms with Gasteiger partial charge in [-0.1, -0.05) is 49.6 Å². The summed E-state index contributed by atoms with van der Waals surface area (Å²) in [4.78, 5) is 15.5. The molecule has 1 aliphatic heterocycles. The Morgan fingerprint density at radius 1 is 1.12 bits per heavy atom. The fourth-order valence-electron chi connectivity index (χ4n) is 4.68. The molecular weight excluding hydrogens is 308 g/mol. The maximum Gasteiger partial charge on any atom is 0.227 e. The van der Waals surface area contributed by atoms with E-state index in [2.05, 4.69) is 41.4 Å². The van der Waals surface area contributed by atoms with Gasteiger partial charge in [0.25, 0.3) is 0 Å². The summed E-state index contributed by atoms with van der Waals surface area (Å²) in [6, 6.07) is 11.1. The molecule has 1 saturated carbocycles. The highest BCUT2D eigenvalue weighted by molar-refractivity contribution is 5.84. The molecule has 1 amide bonds. The highest BCUT2D eigenvalue weighted by Gasteiger charge is 2.31. The molecule has 1 aromatic rings. The zero-order valence-corrected chi connectivity index (χ0v) is 15.8. The number of rotatable bonds is 7. The van der Waals surface area contributed by atoms with E-state index in [4.69, 9.17) is 0 Å². The summed E-state index contributed by atoms with van der Waals surface area (Å²) in [5.41, 5.74) is 1.19. The lowest BCUT2D eigenvalue weighted by molar-refractivity contribution is -0.123. The minimum absolute atomic E-state index is 0.0395. The van der Waals surface area contributed by atoms with Crippen LogP contribution in [0.4, 0.5) is 0 Å². The van der Waals surface area contributed by atoms with E-state index in [1.54, 1.807) is 0 Å². The summed E-state index contributed by atoms with van der Waals surface area (Å²) in [7, 11) is 0. The molecule has 2 aliphatic rings. The number of nitrogens with zero attached hydrogens (tertiary/aromatic N) is 1.